The lowest BCUT2D eigenvalue weighted by molar-refractivity contribution is -0.118. The maximum atomic E-state index is 13.1. The van der Waals surface area contributed by atoms with Crippen LogP contribution < -0.4 is 31.7 Å². The molecule has 41 heavy (non-hydrogen) atoms. The molecule has 1 aromatic carbocycles. The van der Waals surface area contributed by atoms with Gasteiger partial charge in [-0.2, -0.15) is 0 Å². The van der Waals surface area contributed by atoms with E-state index in [4.69, 9.17) is 10.5 Å². The topological polar surface area (TPSA) is 190 Å². The maximum Gasteiger partial charge on any atom is 0.272 e. The fraction of sp³-hybridized carbons (Fsp3) is 0.292. The smallest absolute Gasteiger partial charge is 0.272 e. The normalized spacial score (nSPS) is 12.7. The largest absolute Gasteiger partial charge is 0.494 e. The highest BCUT2D eigenvalue weighted by atomic mass is 32.1. The summed E-state index contributed by atoms with van der Waals surface area (Å²) in [4.78, 5) is 53.6. The Bertz CT molecular complexity index is 1490. The van der Waals surface area contributed by atoms with E-state index < -0.39 is 17.1 Å². The molecule has 0 spiro atoms. The van der Waals surface area contributed by atoms with E-state index in [-0.39, 0.29) is 42.2 Å². The summed E-state index contributed by atoms with van der Waals surface area (Å²) in [6.45, 7) is 0.123. The van der Waals surface area contributed by atoms with Crippen LogP contribution in [0.4, 0.5) is 17.2 Å². The number of nitrogens with zero attached hydrogens (tertiary/aromatic N) is 3. The van der Waals surface area contributed by atoms with Crippen LogP contribution in [-0.2, 0) is 9.59 Å². The molecule has 6 N–H and O–H groups in total. The average Bonchev–Trinajstić information content (AvgIpc) is 3.64. The number of benzene rings is 1. The molecule has 13 nitrogen and oxygen atoms in total. The first kappa shape index (κ1) is 29.6. The van der Waals surface area contributed by atoms with E-state index in [1.54, 1.807) is 24.3 Å². The summed E-state index contributed by atoms with van der Waals surface area (Å²) in [5.74, 6) is -0.901. The van der Waals surface area contributed by atoms with Gasteiger partial charge in [-0.3, -0.25) is 19.2 Å². The molecule has 1 aliphatic carbocycles. The molecule has 2 heterocycles. The molecule has 17 heteroatoms. The quantitative estimate of drug-likeness (QED) is 0.161. The number of rotatable bonds is 12. The van der Waals surface area contributed by atoms with Crippen molar-refractivity contribution in [3.8, 4) is 16.3 Å². The number of hydrogen-bond donors (Lipinski definition) is 5. The van der Waals surface area contributed by atoms with Crippen LogP contribution in [-0.4, -0.2) is 81.2 Å². The van der Waals surface area contributed by atoms with E-state index >= 15 is 0 Å². The predicted octanol–water partition coefficient (Wildman–Crippen LogP) is -1.45. The van der Waals surface area contributed by atoms with Crippen LogP contribution in [0.25, 0.3) is 10.6 Å². The highest BCUT2D eigenvalue weighted by molar-refractivity contribution is 7.17. The first-order chi connectivity index (χ1) is 19.4. The number of methoxy groups -OCH3 is 1. The van der Waals surface area contributed by atoms with E-state index in [9.17, 15) is 19.2 Å². The molecular weight excluding hydrogens is 545 g/mol. The number of aromatic nitrogens is 3. The molecule has 210 valence electrons. The Labute approximate surface area is 243 Å². The molecule has 0 saturated heterocycles. The van der Waals surface area contributed by atoms with Crippen molar-refractivity contribution in [3.05, 3.63) is 41.0 Å². The van der Waals surface area contributed by atoms with E-state index in [1.165, 1.54) is 13.3 Å². The number of para-hydroxylation sites is 1. The molecule has 4 amide bonds. The molecule has 2 aromatic heterocycles. The third kappa shape index (κ3) is 7.84. The third-order valence-electron chi connectivity index (χ3n) is 5.80. The van der Waals surface area contributed by atoms with Crippen molar-refractivity contribution in [1.82, 2.24) is 25.8 Å². The lowest BCUT2D eigenvalue weighted by atomic mass is 9.49. The standard InChI is InChI=1S/C24H29B3N8O5S/c1-40-19-12(23-30-10-15(41-23)21(38)29-8-7-16(28)36)3-2-4-13(19)31-14-9-17(32-20(37)11-5-6-11)34-35-18(14)22(39)33-24(25,26)27/h2-4,9-11H,5-8,25-27H2,1H3,(H2,28,36)(H,29,38)(H,33,39)(H2,31,32,34,37). The highest BCUT2D eigenvalue weighted by Crippen LogP contribution is 2.40. The van der Waals surface area contributed by atoms with Gasteiger partial charge < -0.3 is 31.7 Å². The summed E-state index contributed by atoms with van der Waals surface area (Å²) >= 11 is 1.15. The summed E-state index contributed by atoms with van der Waals surface area (Å²) in [6, 6.07) is 6.86. The Morgan fingerprint density at radius 3 is 2.54 bits per heavy atom. The van der Waals surface area contributed by atoms with Gasteiger partial charge in [-0.05, 0) is 30.2 Å². The fourth-order valence-electron chi connectivity index (χ4n) is 3.75. The lowest BCUT2D eigenvalue weighted by Gasteiger charge is -2.22. The Morgan fingerprint density at radius 1 is 1.12 bits per heavy atom. The van der Waals surface area contributed by atoms with Crippen molar-refractivity contribution >= 4 is 75.7 Å². The minimum atomic E-state index is -0.527. The van der Waals surface area contributed by atoms with Gasteiger partial charge in [0.15, 0.2) is 17.3 Å². The highest BCUT2D eigenvalue weighted by Gasteiger charge is 2.30. The number of hydrogen-bond acceptors (Lipinski definition) is 10. The molecule has 0 unspecified atom stereocenters. The number of anilines is 3. The van der Waals surface area contributed by atoms with Gasteiger partial charge in [0.25, 0.3) is 11.8 Å². The monoisotopic (exact) mass is 574 g/mol. The van der Waals surface area contributed by atoms with Crippen LogP contribution in [0.5, 0.6) is 5.75 Å². The molecule has 1 saturated carbocycles. The van der Waals surface area contributed by atoms with Gasteiger partial charge in [-0.1, -0.05) is 6.07 Å². The summed E-state index contributed by atoms with van der Waals surface area (Å²) in [7, 11) is 7.04. The molecule has 0 atom stereocenters. The summed E-state index contributed by atoms with van der Waals surface area (Å²) < 4.78 is 5.73. The predicted molar refractivity (Wildman–Crippen MR) is 163 cm³/mol. The molecule has 3 aromatic rings. The number of ether oxygens (including phenoxy) is 1. The van der Waals surface area contributed by atoms with Crippen molar-refractivity contribution in [2.75, 3.05) is 24.3 Å². The number of carbonyl (C=O) groups excluding carboxylic acids is 4. The van der Waals surface area contributed by atoms with E-state index in [2.05, 4.69) is 36.4 Å². The lowest BCUT2D eigenvalue weighted by Crippen LogP contribution is -2.50. The van der Waals surface area contributed by atoms with Gasteiger partial charge in [-0.25, -0.2) is 4.98 Å². The summed E-state index contributed by atoms with van der Waals surface area (Å²) in [5.41, 5.74) is 6.55. The number of nitrogens with one attached hydrogen (secondary N) is 4. The minimum Gasteiger partial charge on any atom is -0.494 e. The van der Waals surface area contributed by atoms with Gasteiger partial charge in [0.2, 0.25) is 11.8 Å². The Morgan fingerprint density at radius 2 is 1.88 bits per heavy atom. The zero-order valence-electron chi connectivity index (χ0n) is 23.2. The average molecular weight is 574 g/mol. The number of nitrogens with two attached hydrogens (primary N) is 1. The molecule has 1 aliphatic rings. The van der Waals surface area contributed by atoms with Gasteiger partial charge in [0.1, 0.15) is 33.4 Å². The van der Waals surface area contributed by atoms with Crippen LogP contribution in [0.1, 0.15) is 39.4 Å². The summed E-state index contributed by atoms with van der Waals surface area (Å²) in [6.07, 6.45) is 3.13. The van der Waals surface area contributed by atoms with Gasteiger partial charge >= 0.3 is 0 Å². The van der Waals surface area contributed by atoms with E-state index in [0.29, 0.717) is 32.6 Å². The van der Waals surface area contributed by atoms with Crippen LogP contribution in [0.3, 0.4) is 0 Å². The SMILES string of the molecule is BC(B)(B)NC(=O)c1nnc(NC(=O)C2CC2)cc1Nc1cccc(-c2ncc(C(=O)NCCC(N)=O)s2)c1OC. The molecular formula is C24H29B3N8O5S. The van der Waals surface area contributed by atoms with Gasteiger partial charge in [0.05, 0.1) is 30.2 Å². The van der Waals surface area contributed by atoms with Gasteiger partial charge in [0, 0.05) is 24.9 Å². The van der Waals surface area contributed by atoms with E-state index in [0.717, 1.165) is 24.2 Å². The summed E-state index contributed by atoms with van der Waals surface area (Å²) in [5, 5.41) is 19.6. The molecule has 0 radical (unpaired) electrons. The second-order valence-electron chi connectivity index (χ2n) is 10.5. The Hall–Kier alpha value is -4.40. The number of thiazole rings is 1. The van der Waals surface area contributed by atoms with Crippen LogP contribution in [0, 0.1) is 5.92 Å². The zero-order valence-corrected chi connectivity index (χ0v) is 24.0. The second kappa shape index (κ2) is 12.4. The van der Waals surface area contributed by atoms with Crippen molar-refractivity contribution in [3.63, 3.8) is 0 Å². The maximum absolute atomic E-state index is 13.1. The number of primary amides is 1. The molecule has 0 bridgehead atoms. The van der Waals surface area contributed by atoms with Crippen molar-refractivity contribution in [1.29, 1.82) is 0 Å². The minimum absolute atomic E-state index is 0.0287. The number of amides is 4. The van der Waals surface area contributed by atoms with Crippen LogP contribution in [0.2, 0.25) is 0 Å². The van der Waals surface area contributed by atoms with Crippen molar-refractivity contribution in [2.45, 2.75) is 24.5 Å². The first-order valence-corrected chi connectivity index (χ1v) is 13.7. The molecule has 4 rings (SSSR count). The molecule has 1 fully saturated rings. The van der Waals surface area contributed by atoms with Crippen molar-refractivity contribution in [2.24, 2.45) is 11.7 Å². The fourth-order valence-corrected chi connectivity index (χ4v) is 4.60. The zero-order chi connectivity index (χ0) is 29.7. The van der Waals surface area contributed by atoms with Gasteiger partial charge in [-0.15, -0.1) is 21.5 Å². The second-order valence-corrected chi connectivity index (χ2v) is 11.5. The number of carbonyl (C=O) groups is 4. The Kier molecular flexibility index (Phi) is 8.96. The molecule has 0 aliphatic heterocycles. The van der Waals surface area contributed by atoms with E-state index in [1.807, 2.05) is 23.5 Å². The third-order valence-corrected chi connectivity index (χ3v) is 6.83. The van der Waals surface area contributed by atoms with Crippen LogP contribution in [0.15, 0.2) is 30.5 Å². The van der Waals surface area contributed by atoms with Crippen molar-refractivity contribution < 1.29 is 23.9 Å². The van der Waals surface area contributed by atoms with Crippen LogP contribution >= 0.6 is 11.3 Å². The Balaban J connectivity index is 1.64. The first-order valence-electron chi connectivity index (χ1n) is 12.9.